The molecule has 2 bridgehead atoms. The molecular formula is C18H29N3. The molecule has 2 fully saturated rings. The van der Waals surface area contributed by atoms with Crippen LogP contribution in [0.5, 0.6) is 0 Å². The van der Waals surface area contributed by atoms with Gasteiger partial charge >= 0.3 is 0 Å². The Labute approximate surface area is 129 Å². The smallest absolute Gasteiger partial charge is 0.0424 e. The van der Waals surface area contributed by atoms with Crippen LogP contribution >= 0.6 is 0 Å². The van der Waals surface area contributed by atoms with Crippen molar-refractivity contribution < 1.29 is 0 Å². The van der Waals surface area contributed by atoms with Crippen molar-refractivity contribution in [2.45, 2.75) is 51.2 Å². The number of likely N-dealkylation sites (tertiary alicyclic amines) is 1. The molecule has 2 N–H and O–H groups in total. The summed E-state index contributed by atoms with van der Waals surface area (Å²) in [4.78, 5) is 5.18. The first kappa shape index (κ1) is 15.0. The maximum absolute atomic E-state index is 6.47. The quantitative estimate of drug-likeness (QED) is 0.927. The zero-order valence-corrected chi connectivity index (χ0v) is 13.7. The number of benzene rings is 1. The van der Waals surface area contributed by atoms with Crippen molar-refractivity contribution in [1.82, 2.24) is 9.80 Å². The third-order valence-electron chi connectivity index (χ3n) is 5.65. The van der Waals surface area contributed by atoms with Crippen molar-refractivity contribution in [3.8, 4) is 0 Å². The third kappa shape index (κ3) is 3.15. The normalized spacial score (nSPS) is 28.6. The minimum atomic E-state index is 0.131. The predicted octanol–water partition coefficient (Wildman–Crippen LogP) is 2.47. The van der Waals surface area contributed by atoms with Crippen molar-refractivity contribution in [2.75, 3.05) is 26.7 Å². The Bertz CT molecular complexity index is 499. The van der Waals surface area contributed by atoms with Gasteiger partial charge in [-0.3, -0.25) is 9.80 Å². The molecule has 0 spiro atoms. The van der Waals surface area contributed by atoms with E-state index in [4.69, 9.17) is 5.73 Å². The lowest BCUT2D eigenvalue weighted by molar-refractivity contribution is 0.212. The van der Waals surface area contributed by atoms with Crippen molar-refractivity contribution in [3.05, 3.63) is 34.9 Å². The van der Waals surface area contributed by atoms with Gasteiger partial charge in [-0.2, -0.15) is 0 Å². The van der Waals surface area contributed by atoms with E-state index in [0.717, 1.165) is 18.6 Å². The fourth-order valence-electron chi connectivity index (χ4n) is 3.92. The highest BCUT2D eigenvalue weighted by Gasteiger charge is 2.34. The summed E-state index contributed by atoms with van der Waals surface area (Å²) in [6, 6.07) is 8.33. The summed E-state index contributed by atoms with van der Waals surface area (Å²) in [7, 11) is 2.30. The summed E-state index contributed by atoms with van der Waals surface area (Å²) in [6.45, 7) is 7.70. The molecular weight excluding hydrogens is 258 g/mol. The number of nitrogens with two attached hydrogens (primary N) is 1. The zero-order chi connectivity index (χ0) is 15.0. The molecule has 3 nitrogen and oxygen atoms in total. The number of fused-ring (bicyclic) bond motifs is 2. The number of nitrogens with zero attached hydrogens (tertiary/aromatic N) is 2. The highest BCUT2D eigenvalue weighted by atomic mass is 15.3. The number of hydrogen-bond acceptors (Lipinski definition) is 3. The van der Waals surface area contributed by atoms with E-state index in [-0.39, 0.29) is 6.04 Å². The average molecular weight is 287 g/mol. The molecule has 3 unspecified atom stereocenters. The largest absolute Gasteiger partial charge is 0.323 e. The van der Waals surface area contributed by atoms with Gasteiger partial charge in [0.1, 0.15) is 0 Å². The topological polar surface area (TPSA) is 32.5 Å². The second-order valence-electron chi connectivity index (χ2n) is 7.05. The van der Waals surface area contributed by atoms with Crippen LogP contribution in [0.4, 0.5) is 0 Å². The van der Waals surface area contributed by atoms with E-state index in [2.05, 4.69) is 48.9 Å². The van der Waals surface area contributed by atoms with Gasteiger partial charge in [0.05, 0.1) is 0 Å². The molecule has 0 radical (unpaired) electrons. The van der Waals surface area contributed by atoms with Gasteiger partial charge in [-0.1, -0.05) is 18.2 Å². The van der Waals surface area contributed by atoms with E-state index >= 15 is 0 Å². The number of aryl methyl sites for hydroxylation is 2. The van der Waals surface area contributed by atoms with Crippen molar-refractivity contribution in [1.29, 1.82) is 0 Å². The summed E-state index contributed by atoms with van der Waals surface area (Å²) < 4.78 is 0. The lowest BCUT2D eigenvalue weighted by atomic mass is 10.0. The fraction of sp³-hybridized carbons (Fsp3) is 0.667. The summed E-state index contributed by atoms with van der Waals surface area (Å²) in [5.74, 6) is 0. The van der Waals surface area contributed by atoms with Gasteiger partial charge in [-0.05, 0) is 63.4 Å². The molecule has 116 valence electrons. The minimum Gasteiger partial charge on any atom is -0.323 e. The van der Waals surface area contributed by atoms with E-state index in [0.29, 0.717) is 0 Å². The first-order chi connectivity index (χ1) is 10.0. The molecule has 1 aromatic carbocycles. The van der Waals surface area contributed by atoms with Crippen molar-refractivity contribution in [3.63, 3.8) is 0 Å². The average Bonchev–Trinajstić information content (AvgIpc) is 2.70. The number of likely N-dealkylation sites (N-methyl/N-ethyl adjacent to an activating group) is 1. The SMILES string of the molecule is Cc1ccc(C(N)CN2CCC3CCC(C2)N3C)cc1C. The van der Waals surface area contributed by atoms with Crippen LogP contribution in [0.2, 0.25) is 0 Å². The van der Waals surface area contributed by atoms with Gasteiger partial charge in [0.2, 0.25) is 0 Å². The summed E-state index contributed by atoms with van der Waals surface area (Å²) in [6.07, 6.45) is 4.04. The van der Waals surface area contributed by atoms with E-state index in [1.54, 1.807) is 0 Å². The molecule has 3 rings (SSSR count). The number of rotatable bonds is 3. The molecule has 1 aromatic rings. The molecule has 2 aliphatic heterocycles. The van der Waals surface area contributed by atoms with E-state index in [9.17, 15) is 0 Å². The Morgan fingerprint density at radius 3 is 2.67 bits per heavy atom. The van der Waals surface area contributed by atoms with Gasteiger partial charge in [0, 0.05) is 31.2 Å². The summed E-state index contributed by atoms with van der Waals surface area (Å²) in [5, 5.41) is 0. The van der Waals surface area contributed by atoms with Crippen LogP contribution in [-0.4, -0.2) is 48.6 Å². The Morgan fingerprint density at radius 1 is 1.14 bits per heavy atom. The molecule has 2 saturated heterocycles. The Hall–Kier alpha value is -0.900. The second kappa shape index (κ2) is 6.07. The van der Waals surface area contributed by atoms with Gasteiger partial charge in [0.15, 0.2) is 0 Å². The third-order valence-corrected chi connectivity index (χ3v) is 5.65. The fourth-order valence-corrected chi connectivity index (χ4v) is 3.92. The first-order valence-corrected chi connectivity index (χ1v) is 8.31. The maximum atomic E-state index is 6.47. The Morgan fingerprint density at radius 2 is 1.90 bits per heavy atom. The van der Waals surface area contributed by atoms with Crippen LogP contribution in [0, 0.1) is 13.8 Å². The van der Waals surface area contributed by atoms with Gasteiger partial charge in [0.25, 0.3) is 0 Å². The van der Waals surface area contributed by atoms with Gasteiger partial charge < -0.3 is 5.73 Å². The van der Waals surface area contributed by atoms with Crippen molar-refractivity contribution in [2.24, 2.45) is 5.73 Å². The lowest BCUT2D eigenvalue weighted by Crippen LogP contribution is -2.39. The summed E-state index contributed by atoms with van der Waals surface area (Å²) in [5.41, 5.74) is 10.4. The van der Waals surface area contributed by atoms with Gasteiger partial charge in [-0.15, -0.1) is 0 Å². The molecule has 2 heterocycles. The van der Waals surface area contributed by atoms with Crippen LogP contribution in [0.1, 0.15) is 42.0 Å². The van der Waals surface area contributed by atoms with Crippen LogP contribution < -0.4 is 5.73 Å². The van der Waals surface area contributed by atoms with Crippen LogP contribution in [-0.2, 0) is 0 Å². The van der Waals surface area contributed by atoms with Crippen LogP contribution in [0.25, 0.3) is 0 Å². The highest BCUT2D eigenvalue weighted by Crippen LogP contribution is 2.29. The Balaban J connectivity index is 1.64. The zero-order valence-electron chi connectivity index (χ0n) is 13.7. The molecule has 0 saturated carbocycles. The molecule has 3 atom stereocenters. The molecule has 21 heavy (non-hydrogen) atoms. The molecule has 2 aliphatic rings. The molecule has 0 amide bonds. The van der Waals surface area contributed by atoms with Crippen LogP contribution in [0.15, 0.2) is 18.2 Å². The minimum absolute atomic E-state index is 0.131. The molecule has 3 heteroatoms. The standard InChI is InChI=1S/C18H29N3/c1-13-4-5-15(10-14(13)2)18(19)12-21-9-8-16-6-7-17(11-21)20(16)3/h4-5,10,16-18H,6-9,11-12,19H2,1-3H3. The first-order valence-electron chi connectivity index (χ1n) is 8.31. The van der Waals surface area contributed by atoms with Crippen molar-refractivity contribution >= 4 is 0 Å². The van der Waals surface area contributed by atoms with Crippen LogP contribution in [0.3, 0.4) is 0 Å². The van der Waals surface area contributed by atoms with E-state index in [1.165, 1.54) is 49.0 Å². The predicted molar refractivity (Wildman–Crippen MR) is 88.5 cm³/mol. The number of hydrogen-bond donors (Lipinski definition) is 1. The lowest BCUT2D eigenvalue weighted by Gasteiger charge is -2.28. The molecule has 0 aliphatic carbocycles. The van der Waals surface area contributed by atoms with Gasteiger partial charge in [-0.25, -0.2) is 0 Å². The monoisotopic (exact) mass is 287 g/mol. The maximum Gasteiger partial charge on any atom is 0.0424 e. The highest BCUT2D eigenvalue weighted by molar-refractivity contribution is 5.31. The van der Waals surface area contributed by atoms with E-state index in [1.807, 2.05) is 0 Å². The summed E-state index contributed by atoms with van der Waals surface area (Å²) >= 11 is 0. The van der Waals surface area contributed by atoms with E-state index < -0.39 is 0 Å². The Kier molecular flexibility index (Phi) is 4.34. The molecule has 0 aromatic heterocycles. The second-order valence-corrected chi connectivity index (χ2v) is 7.05.